The van der Waals surface area contributed by atoms with Gasteiger partial charge in [-0.05, 0) is 32.0 Å². The van der Waals surface area contributed by atoms with Gasteiger partial charge in [-0.3, -0.25) is 4.79 Å². The highest BCUT2D eigenvalue weighted by Crippen LogP contribution is 2.19. The van der Waals surface area contributed by atoms with Crippen molar-refractivity contribution in [2.24, 2.45) is 5.10 Å². The SMILES string of the molecule is Cc1cc(/C=N\NC(=O)Cc2nnc(N)s2)c(C)n1-c1ccccc1. The first-order valence-corrected chi connectivity index (χ1v) is 8.50. The number of carbonyl (C=O) groups excluding carboxylic acids is 1. The zero-order valence-corrected chi connectivity index (χ0v) is 14.7. The normalized spacial score (nSPS) is 11.1. The molecule has 0 radical (unpaired) electrons. The third kappa shape index (κ3) is 3.92. The summed E-state index contributed by atoms with van der Waals surface area (Å²) in [5.41, 5.74) is 12.2. The van der Waals surface area contributed by atoms with Gasteiger partial charge in [-0.15, -0.1) is 10.2 Å². The number of nitrogen functional groups attached to an aromatic ring is 1. The molecule has 0 aliphatic heterocycles. The van der Waals surface area contributed by atoms with Crippen LogP contribution < -0.4 is 11.2 Å². The molecule has 128 valence electrons. The zero-order chi connectivity index (χ0) is 17.8. The second kappa shape index (κ2) is 7.27. The van der Waals surface area contributed by atoms with Crippen LogP contribution in [0.25, 0.3) is 5.69 Å². The van der Waals surface area contributed by atoms with Crippen LogP contribution in [0.1, 0.15) is 22.0 Å². The van der Waals surface area contributed by atoms with Gasteiger partial charge in [0, 0.05) is 22.6 Å². The number of hydrazone groups is 1. The van der Waals surface area contributed by atoms with Crippen LogP contribution in [0.5, 0.6) is 0 Å². The minimum Gasteiger partial charge on any atom is -0.374 e. The van der Waals surface area contributed by atoms with Gasteiger partial charge in [0.25, 0.3) is 0 Å². The number of hydrogen-bond acceptors (Lipinski definition) is 6. The number of anilines is 1. The third-order valence-electron chi connectivity index (χ3n) is 3.67. The summed E-state index contributed by atoms with van der Waals surface area (Å²) in [6.45, 7) is 4.06. The lowest BCUT2D eigenvalue weighted by atomic mass is 10.2. The number of aromatic nitrogens is 3. The van der Waals surface area contributed by atoms with E-state index in [0.717, 1.165) is 22.6 Å². The molecule has 3 aromatic rings. The molecule has 3 N–H and O–H groups in total. The monoisotopic (exact) mass is 354 g/mol. The standard InChI is InChI=1S/C17H18N6OS/c1-11-8-13(12(2)23(11)14-6-4-3-5-7-14)10-19-20-15(24)9-16-21-22-17(18)25-16/h3-8,10H,9H2,1-2H3,(H2,18,22)(H,20,24)/b19-10-. The second-order valence-electron chi connectivity index (χ2n) is 5.50. The highest BCUT2D eigenvalue weighted by Gasteiger charge is 2.10. The van der Waals surface area contributed by atoms with E-state index in [-0.39, 0.29) is 12.3 Å². The summed E-state index contributed by atoms with van der Waals surface area (Å²) in [4.78, 5) is 11.9. The maximum Gasteiger partial charge on any atom is 0.247 e. The molecule has 0 saturated carbocycles. The second-order valence-corrected chi connectivity index (χ2v) is 6.60. The highest BCUT2D eigenvalue weighted by molar-refractivity contribution is 7.15. The van der Waals surface area contributed by atoms with Gasteiger partial charge in [0.05, 0.1) is 12.6 Å². The van der Waals surface area contributed by atoms with Crippen LogP contribution >= 0.6 is 11.3 Å². The van der Waals surface area contributed by atoms with E-state index < -0.39 is 0 Å². The molecule has 3 rings (SSSR count). The lowest BCUT2D eigenvalue weighted by molar-refractivity contribution is -0.120. The van der Waals surface area contributed by atoms with Crippen molar-refractivity contribution in [2.75, 3.05) is 5.73 Å². The average molecular weight is 354 g/mol. The number of rotatable bonds is 5. The summed E-state index contributed by atoms with van der Waals surface area (Å²) in [5, 5.41) is 12.4. The van der Waals surface area contributed by atoms with Crippen LogP contribution in [-0.2, 0) is 11.2 Å². The number of benzene rings is 1. The first-order chi connectivity index (χ1) is 12.0. The molecular formula is C17H18N6OS. The summed E-state index contributed by atoms with van der Waals surface area (Å²) in [7, 11) is 0. The average Bonchev–Trinajstić information content (AvgIpc) is 3.11. The maximum absolute atomic E-state index is 11.9. The number of nitrogens with one attached hydrogen (secondary N) is 1. The molecule has 0 aliphatic carbocycles. The molecule has 7 nitrogen and oxygen atoms in total. The molecule has 1 aromatic carbocycles. The Bertz CT molecular complexity index is 913. The fourth-order valence-electron chi connectivity index (χ4n) is 2.58. The molecule has 8 heteroatoms. The first-order valence-electron chi connectivity index (χ1n) is 7.68. The van der Waals surface area contributed by atoms with E-state index in [1.54, 1.807) is 6.21 Å². The Morgan fingerprint density at radius 3 is 2.76 bits per heavy atom. The van der Waals surface area contributed by atoms with Gasteiger partial charge in [0.2, 0.25) is 11.0 Å². The Morgan fingerprint density at radius 1 is 1.32 bits per heavy atom. The minimum absolute atomic E-state index is 0.106. The van der Waals surface area contributed by atoms with E-state index in [1.807, 2.05) is 38.1 Å². The number of carbonyl (C=O) groups is 1. The van der Waals surface area contributed by atoms with Gasteiger partial charge in [-0.25, -0.2) is 5.43 Å². The summed E-state index contributed by atoms with van der Waals surface area (Å²) in [6.07, 6.45) is 1.75. The number of aryl methyl sites for hydroxylation is 1. The molecule has 25 heavy (non-hydrogen) atoms. The molecule has 0 saturated heterocycles. The molecular weight excluding hydrogens is 336 g/mol. The molecule has 2 heterocycles. The molecule has 0 unspecified atom stereocenters. The van der Waals surface area contributed by atoms with Crippen LogP contribution in [-0.4, -0.2) is 26.9 Å². The summed E-state index contributed by atoms with van der Waals surface area (Å²) < 4.78 is 2.15. The van der Waals surface area contributed by atoms with Gasteiger partial charge >= 0.3 is 0 Å². The number of amides is 1. The van der Waals surface area contributed by atoms with Crippen LogP contribution in [0.3, 0.4) is 0 Å². The quantitative estimate of drug-likeness (QED) is 0.542. The van der Waals surface area contributed by atoms with E-state index in [1.165, 1.54) is 11.3 Å². The van der Waals surface area contributed by atoms with Crippen molar-refractivity contribution in [1.82, 2.24) is 20.2 Å². The molecule has 0 atom stereocenters. The zero-order valence-electron chi connectivity index (χ0n) is 13.9. The van der Waals surface area contributed by atoms with Crippen LogP contribution in [0, 0.1) is 13.8 Å². The van der Waals surface area contributed by atoms with Crippen LogP contribution in [0.2, 0.25) is 0 Å². The number of hydrogen-bond donors (Lipinski definition) is 2. The molecule has 0 spiro atoms. The van der Waals surface area contributed by atoms with Crippen molar-refractivity contribution in [1.29, 1.82) is 0 Å². The first kappa shape index (κ1) is 16.8. The largest absolute Gasteiger partial charge is 0.374 e. The van der Waals surface area contributed by atoms with E-state index in [4.69, 9.17) is 5.73 Å². The smallest absolute Gasteiger partial charge is 0.247 e. The molecule has 0 bridgehead atoms. The van der Waals surface area contributed by atoms with E-state index in [0.29, 0.717) is 10.1 Å². The molecule has 0 aliphatic rings. The lowest BCUT2D eigenvalue weighted by Gasteiger charge is -2.08. The van der Waals surface area contributed by atoms with E-state index in [9.17, 15) is 4.79 Å². The molecule has 1 amide bonds. The van der Waals surface area contributed by atoms with Crippen molar-refractivity contribution in [3.05, 3.63) is 58.4 Å². The maximum atomic E-state index is 11.9. The van der Waals surface area contributed by atoms with Gasteiger partial charge in [0.15, 0.2) is 0 Å². The Morgan fingerprint density at radius 2 is 2.08 bits per heavy atom. The van der Waals surface area contributed by atoms with Crippen molar-refractivity contribution in [2.45, 2.75) is 20.3 Å². The fraction of sp³-hybridized carbons (Fsp3) is 0.176. The lowest BCUT2D eigenvalue weighted by Crippen LogP contribution is -2.19. The Kier molecular flexibility index (Phi) is 4.90. The molecule has 2 aromatic heterocycles. The summed E-state index contributed by atoms with van der Waals surface area (Å²) in [5.74, 6) is -0.260. The Hall–Kier alpha value is -3.00. The minimum atomic E-state index is -0.260. The third-order valence-corrected chi connectivity index (χ3v) is 4.42. The van der Waals surface area contributed by atoms with Gasteiger partial charge in [-0.1, -0.05) is 29.5 Å². The van der Waals surface area contributed by atoms with Crippen LogP contribution in [0.15, 0.2) is 41.5 Å². The van der Waals surface area contributed by atoms with E-state index in [2.05, 4.69) is 37.4 Å². The fourth-order valence-corrected chi connectivity index (χ4v) is 3.19. The van der Waals surface area contributed by atoms with Gasteiger partial charge in [0.1, 0.15) is 5.01 Å². The van der Waals surface area contributed by atoms with Crippen molar-refractivity contribution >= 4 is 28.6 Å². The Labute approximate surface area is 149 Å². The summed E-state index contributed by atoms with van der Waals surface area (Å²) >= 11 is 1.19. The number of nitrogens with zero attached hydrogens (tertiary/aromatic N) is 4. The van der Waals surface area contributed by atoms with Crippen LogP contribution in [0.4, 0.5) is 5.13 Å². The Balaban J connectivity index is 1.69. The van der Waals surface area contributed by atoms with Crippen molar-refractivity contribution in [3.8, 4) is 5.69 Å². The highest BCUT2D eigenvalue weighted by atomic mass is 32.1. The number of para-hydroxylation sites is 1. The van der Waals surface area contributed by atoms with Crippen molar-refractivity contribution in [3.63, 3.8) is 0 Å². The van der Waals surface area contributed by atoms with Gasteiger partial charge < -0.3 is 10.3 Å². The topological polar surface area (TPSA) is 98.2 Å². The summed E-state index contributed by atoms with van der Waals surface area (Å²) in [6, 6.07) is 12.1. The molecule has 0 fully saturated rings. The predicted octanol–water partition coefficient (Wildman–Crippen LogP) is 2.22. The predicted molar refractivity (Wildman–Crippen MR) is 99.0 cm³/mol. The van der Waals surface area contributed by atoms with Gasteiger partial charge in [-0.2, -0.15) is 5.10 Å². The van der Waals surface area contributed by atoms with Crippen molar-refractivity contribution < 1.29 is 4.79 Å². The van der Waals surface area contributed by atoms with E-state index >= 15 is 0 Å². The number of nitrogens with two attached hydrogens (primary N) is 1.